The van der Waals surface area contributed by atoms with Gasteiger partial charge in [0.25, 0.3) is 0 Å². The molecule has 2 nitrogen and oxygen atoms in total. The molecule has 0 spiro atoms. The first-order valence-corrected chi connectivity index (χ1v) is 12.3. The number of thiocarbonyl (C=S) groups is 1. The number of hydrogen-bond acceptors (Lipinski definition) is 2. The number of benzene rings is 1. The lowest BCUT2D eigenvalue weighted by Crippen LogP contribution is -2.59. The van der Waals surface area contributed by atoms with Gasteiger partial charge in [-0.3, -0.25) is 4.99 Å². The lowest BCUT2D eigenvalue weighted by atomic mass is 9.40. The first-order valence-electron chi connectivity index (χ1n) is 11.9. The van der Waals surface area contributed by atoms with Gasteiger partial charge in [0.15, 0.2) is 0 Å². The van der Waals surface area contributed by atoms with Crippen LogP contribution in [0.1, 0.15) is 76.7 Å². The zero-order chi connectivity index (χ0) is 20.1. The molecule has 5 aliphatic rings. The molecule has 0 aliphatic heterocycles. The Morgan fingerprint density at radius 1 is 1.07 bits per heavy atom. The SMILES string of the molecule is CCC1C2CC3(C(=S)/N=C/C4CCC(N)CC4)CC1CC(c1ccccc1)(C2)C3. The normalized spacial score (nSPS) is 43.7. The Labute approximate surface area is 181 Å². The van der Waals surface area contributed by atoms with Crippen LogP contribution in [0.25, 0.3) is 0 Å². The number of hydrogen-bond donors (Lipinski definition) is 1. The molecule has 0 saturated heterocycles. The second-order valence-electron chi connectivity index (χ2n) is 10.8. The molecule has 1 aromatic rings. The second-order valence-corrected chi connectivity index (χ2v) is 11.2. The maximum Gasteiger partial charge on any atom is 0.109 e. The van der Waals surface area contributed by atoms with E-state index < -0.39 is 0 Å². The van der Waals surface area contributed by atoms with E-state index >= 15 is 0 Å². The van der Waals surface area contributed by atoms with E-state index in [4.69, 9.17) is 22.9 Å². The van der Waals surface area contributed by atoms with Crippen LogP contribution in [-0.2, 0) is 5.41 Å². The smallest absolute Gasteiger partial charge is 0.109 e. The topological polar surface area (TPSA) is 38.4 Å². The third-order valence-electron chi connectivity index (χ3n) is 9.03. The summed E-state index contributed by atoms with van der Waals surface area (Å²) in [5.41, 5.74) is 8.12. The fourth-order valence-electron chi connectivity index (χ4n) is 7.90. The van der Waals surface area contributed by atoms with Gasteiger partial charge in [0.1, 0.15) is 4.99 Å². The Morgan fingerprint density at radius 3 is 2.34 bits per heavy atom. The average molecular weight is 409 g/mol. The van der Waals surface area contributed by atoms with Gasteiger partial charge in [-0.2, -0.15) is 0 Å². The van der Waals surface area contributed by atoms with Crippen LogP contribution in [0, 0.1) is 29.1 Å². The van der Waals surface area contributed by atoms with Crippen molar-refractivity contribution < 1.29 is 0 Å². The quantitative estimate of drug-likeness (QED) is 0.484. The van der Waals surface area contributed by atoms with Crippen LogP contribution in [0.5, 0.6) is 0 Å². The molecule has 2 unspecified atom stereocenters. The Kier molecular flexibility index (Phi) is 5.19. The second kappa shape index (κ2) is 7.57. The van der Waals surface area contributed by atoms with Gasteiger partial charge < -0.3 is 5.73 Å². The van der Waals surface area contributed by atoms with Crippen molar-refractivity contribution in [1.29, 1.82) is 0 Å². The van der Waals surface area contributed by atoms with E-state index in [-0.39, 0.29) is 5.41 Å². The summed E-state index contributed by atoms with van der Waals surface area (Å²) in [7, 11) is 0. The van der Waals surface area contributed by atoms with E-state index in [9.17, 15) is 0 Å². The van der Waals surface area contributed by atoms with E-state index in [1.54, 1.807) is 5.56 Å². The monoisotopic (exact) mass is 408 g/mol. The summed E-state index contributed by atoms with van der Waals surface area (Å²) in [5, 5.41) is 0. The highest BCUT2D eigenvalue weighted by Gasteiger charge is 2.62. The van der Waals surface area contributed by atoms with Gasteiger partial charge in [-0.25, -0.2) is 0 Å². The number of aliphatic imine (C=N–C) groups is 1. The minimum Gasteiger partial charge on any atom is -0.328 e. The minimum atomic E-state index is 0.157. The lowest BCUT2D eigenvalue weighted by Gasteiger charge is -2.65. The van der Waals surface area contributed by atoms with Gasteiger partial charge >= 0.3 is 0 Å². The van der Waals surface area contributed by atoms with Crippen molar-refractivity contribution in [2.24, 2.45) is 39.8 Å². The van der Waals surface area contributed by atoms with Crippen LogP contribution in [0.2, 0.25) is 0 Å². The van der Waals surface area contributed by atoms with E-state index in [1.165, 1.54) is 51.4 Å². The third-order valence-corrected chi connectivity index (χ3v) is 9.57. The van der Waals surface area contributed by atoms with Crippen molar-refractivity contribution in [2.45, 2.75) is 82.6 Å². The molecule has 4 bridgehead atoms. The van der Waals surface area contributed by atoms with Crippen molar-refractivity contribution in [3.63, 3.8) is 0 Å². The Hall–Kier alpha value is -1.06. The molecule has 0 amide bonds. The van der Waals surface area contributed by atoms with Crippen molar-refractivity contribution in [2.75, 3.05) is 0 Å². The summed E-state index contributed by atoms with van der Waals surface area (Å²) in [6.45, 7) is 2.40. The molecule has 2 atom stereocenters. The van der Waals surface area contributed by atoms with Gasteiger partial charge in [-0.05, 0) is 92.4 Å². The number of nitrogens with two attached hydrogens (primary N) is 1. The van der Waals surface area contributed by atoms with Gasteiger partial charge in [0.2, 0.25) is 0 Å². The maximum atomic E-state index is 6.09. The standard InChI is InChI=1S/C26H36N2S/c1-2-23-19-12-25(21-6-4-3-5-7-21)13-20(23)15-26(14-19,17-25)24(29)28-16-18-8-10-22(27)11-9-18/h3-7,16,18-20,22-23H,2,8-15,17,27H2,1H3/b28-16+. The van der Waals surface area contributed by atoms with Crippen molar-refractivity contribution in [1.82, 2.24) is 0 Å². The number of nitrogens with zero attached hydrogens (tertiary/aromatic N) is 1. The Morgan fingerprint density at radius 2 is 1.72 bits per heavy atom. The highest BCUT2D eigenvalue weighted by atomic mass is 32.1. The summed E-state index contributed by atoms with van der Waals surface area (Å²) < 4.78 is 0. The lowest BCUT2D eigenvalue weighted by molar-refractivity contribution is -0.0813. The molecule has 6 rings (SSSR count). The largest absolute Gasteiger partial charge is 0.328 e. The fraction of sp³-hybridized carbons (Fsp3) is 0.692. The van der Waals surface area contributed by atoms with E-state index in [2.05, 4.69) is 43.5 Å². The van der Waals surface area contributed by atoms with Crippen molar-refractivity contribution >= 4 is 23.4 Å². The molecule has 156 valence electrons. The zero-order valence-corrected chi connectivity index (χ0v) is 18.7. The summed E-state index contributed by atoms with van der Waals surface area (Å²) in [4.78, 5) is 6.03. The molecule has 1 aromatic carbocycles. The number of rotatable bonds is 4. The molecule has 0 aromatic heterocycles. The summed E-state index contributed by atoms with van der Waals surface area (Å²) in [6, 6.07) is 11.7. The van der Waals surface area contributed by atoms with Gasteiger partial charge in [0.05, 0.1) is 0 Å². The van der Waals surface area contributed by atoms with Crippen LogP contribution in [-0.4, -0.2) is 17.2 Å². The molecule has 0 radical (unpaired) electrons. The highest BCUT2D eigenvalue weighted by Crippen LogP contribution is 2.68. The molecule has 3 heteroatoms. The van der Waals surface area contributed by atoms with E-state index in [0.717, 1.165) is 35.6 Å². The Bertz CT molecular complexity index is 761. The van der Waals surface area contributed by atoms with Gasteiger partial charge in [0, 0.05) is 17.7 Å². The predicted octanol–water partition coefficient (Wildman–Crippen LogP) is 6.08. The minimum absolute atomic E-state index is 0.157. The van der Waals surface area contributed by atoms with Crippen LogP contribution >= 0.6 is 12.2 Å². The van der Waals surface area contributed by atoms with Gasteiger partial charge in [-0.15, -0.1) is 0 Å². The highest BCUT2D eigenvalue weighted by molar-refractivity contribution is 7.80. The van der Waals surface area contributed by atoms with Gasteiger partial charge in [-0.1, -0.05) is 55.9 Å². The summed E-state index contributed by atoms with van der Waals surface area (Å²) in [6.07, 6.45) is 14.7. The maximum absolute atomic E-state index is 6.09. The van der Waals surface area contributed by atoms with Crippen LogP contribution in [0.15, 0.2) is 35.3 Å². The van der Waals surface area contributed by atoms with Crippen LogP contribution < -0.4 is 5.73 Å². The predicted molar refractivity (Wildman–Crippen MR) is 125 cm³/mol. The molecule has 5 saturated carbocycles. The van der Waals surface area contributed by atoms with Crippen molar-refractivity contribution in [3.8, 4) is 0 Å². The van der Waals surface area contributed by atoms with Crippen LogP contribution in [0.3, 0.4) is 0 Å². The van der Waals surface area contributed by atoms with E-state index in [0.29, 0.717) is 17.4 Å². The third kappa shape index (κ3) is 3.43. The molecule has 0 heterocycles. The molecular formula is C26H36N2S. The fourth-order valence-corrected chi connectivity index (χ4v) is 8.20. The zero-order valence-electron chi connectivity index (χ0n) is 17.9. The molecule has 5 fully saturated rings. The molecule has 29 heavy (non-hydrogen) atoms. The first-order chi connectivity index (χ1) is 14.0. The molecule has 5 aliphatic carbocycles. The van der Waals surface area contributed by atoms with Crippen molar-refractivity contribution in [3.05, 3.63) is 35.9 Å². The average Bonchev–Trinajstić information content (AvgIpc) is 2.73. The summed E-state index contributed by atoms with van der Waals surface area (Å²) in [5.74, 6) is 3.12. The molecular weight excluding hydrogens is 372 g/mol. The van der Waals surface area contributed by atoms with E-state index in [1.807, 2.05) is 0 Å². The summed E-state index contributed by atoms with van der Waals surface area (Å²) >= 11 is 6.09. The first kappa shape index (κ1) is 19.9. The molecule has 2 N–H and O–H groups in total. The van der Waals surface area contributed by atoms with Crippen LogP contribution in [0.4, 0.5) is 0 Å². The Balaban J connectivity index is 1.41.